The van der Waals surface area contributed by atoms with Gasteiger partial charge in [0.05, 0.1) is 18.7 Å². The van der Waals surface area contributed by atoms with Crippen LogP contribution in [0.4, 0.5) is 0 Å². The van der Waals surface area contributed by atoms with Gasteiger partial charge in [0, 0.05) is 50.5 Å². The molecule has 2 aliphatic heterocycles. The Morgan fingerprint density at radius 1 is 1.27 bits per heavy atom. The lowest BCUT2D eigenvalue weighted by Crippen LogP contribution is -2.57. The summed E-state index contributed by atoms with van der Waals surface area (Å²) < 4.78 is 1.83. The third-order valence-corrected chi connectivity index (χ3v) is 5.30. The number of piperidine rings is 1. The molecule has 0 saturated carbocycles. The highest BCUT2D eigenvalue weighted by atomic mass is 35.5. The summed E-state index contributed by atoms with van der Waals surface area (Å²) in [6, 6.07) is 0.161. The van der Waals surface area contributed by atoms with Gasteiger partial charge >= 0.3 is 0 Å². The largest absolute Gasteiger partial charge is 0.340 e. The molecule has 1 N–H and O–H groups in total. The molecule has 148 valence electrons. The van der Waals surface area contributed by atoms with E-state index in [4.69, 9.17) is 0 Å². The van der Waals surface area contributed by atoms with Gasteiger partial charge in [-0.3, -0.25) is 14.3 Å². The van der Waals surface area contributed by atoms with Crippen LogP contribution in [0.3, 0.4) is 0 Å². The number of nitrogens with zero attached hydrogens (tertiary/aromatic N) is 4. The van der Waals surface area contributed by atoms with Crippen molar-refractivity contribution in [2.75, 3.05) is 32.7 Å². The van der Waals surface area contributed by atoms with Gasteiger partial charge in [0.25, 0.3) is 0 Å². The summed E-state index contributed by atoms with van der Waals surface area (Å²) in [7, 11) is 1.91. The van der Waals surface area contributed by atoms with Crippen molar-refractivity contribution in [3.05, 3.63) is 17.0 Å². The maximum absolute atomic E-state index is 12.8. The van der Waals surface area contributed by atoms with E-state index in [2.05, 4.69) is 10.4 Å². The van der Waals surface area contributed by atoms with E-state index in [-0.39, 0.29) is 42.7 Å². The van der Waals surface area contributed by atoms with Crippen LogP contribution < -0.4 is 5.32 Å². The summed E-state index contributed by atoms with van der Waals surface area (Å²) in [5.41, 5.74) is 3.00. The Bertz CT molecular complexity index is 649. The normalized spacial score (nSPS) is 20.4. The highest BCUT2D eigenvalue weighted by molar-refractivity contribution is 5.85. The molecule has 3 rings (SSSR count). The number of likely N-dealkylation sites (tertiary alicyclic amines) is 1. The number of hydrogen-bond acceptors (Lipinski definition) is 4. The van der Waals surface area contributed by atoms with Crippen LogP contribution in [-0.2, 0) is 23.1 Å². The second kappa shape index (κ2) is 9.58. The van der Waals surface area contributed by atoms with E-state index in [0.29, 0.717) is 19.5 Å². The van der Waals surface area contributed by atoms with Crippen LogP contribution in [0.25, 0.3) is 0 Å². The molecule has 9 heteroatoms. The molecule has 1 aromatic rings. The van der Waals surface area contributed by atoms with E-state index < -0.39 is 0 Å². The molecule has 0 radical (unpaired) electrons. The van der Waals surface area contributed by atoms with Crippen molar-refractivity contribution >= 4 is 36.6 Å². The van der Waals surface area contributed by atoms with Gasteiger partial charge in [0.2, 0.25) is 11.8 Å². The Morgan fingerprint density at radius 2 is 2.00 bits per heavy atom. The van der Waals surface area contributed by atoms with Crippen LogP contribution in [0.15, 0.2) is 0 Å². The van der Waals surface area contributed by atoms with Crippen molar-refractivity contribution in [3.8, 4) is 0 Å². The van der Waals surface area contributed by atoms with Crippen LogP contribution in [0, 0.1) is 13.8 Å². The predicted molar refractivity (Wildman–Crippen MR) is 105 cm³/mol. The summed E-state index contributed by atoms with van der Waals surface area (Å²) in [6.45, 7) is 7.39. The molecule has 1 aromatic heterocycles. The Balaban J connectivity index is 0.00000169. The third-order valence-electron chi connectivity index (χ3n) is 5.30. The topological polar surface area (TPSA) is 70.5 Å². The molecule has 0 bridgehead atoms. The second-order valence-corrected chi connectivity index (χ2v) is 6.85. The summed E-state index contributed by atoms with van der Waals surface area (Å²) in [6.07, 6.45) is 2.34. The van der Waals surface area contributed by atoms with E-state index >= 15 is 0 Å². The van der Waals surface area contributed by atoms with E-state index in [0.717, 1.165) is 49.4 Å². The minimum atomic E-state index is 0. The monoisotopic (exact) mass is 405 g/mol. The molecule has 2 aliphatic rings. The number of piperazine rings is 1. The standard InChI is InChI=1S/C17H27N5O2.2ClH/c1-12-15(13(2)20(3)19-12)9-16(23)21-7-4-5-14(11-21)22-8-6-18-10-17(22)24;;/h14,18H,4-11H2,1-3H3;2*1H. The van der Waals surface area contributed by atoms with Crippen LogP contribution >= 0.6 is 24.8 Å². The highest BCUT2D eigenvalue weighted by Gasteiger charge is 2.31. The first-order chi connectivity index (χ1) is 11.5. The lowest BCUT2D eigenvalue weighted by Gasteiger charge is -2.41. The Kier molecular flexibility index (Phi) is 8.37. The number of rotatable bonds is 3. The molecule has 3 heterocycles. The van der Waals surface area contributed by atoms with Crippen LogP contribution in [0.1, 0.15) is 29.8 Å². The Labute approximate surface area is 167 Å². The van der Waals surface area contributed by atoms with Crippen molar-refractivity contribution in [1.29, 1.82) is 0 Å². The van der Waals surface area contributed by atoms with Crippen molar-refractivity contribution < 1.29 is 9.59 Å². The first-order valence-corrected chi connectivity index (χ1v) is 8.74. The summed E-state index contributed by atoms with van der Waals surface area (Å²) in [4.78, 5) is 28.7. The van der Waals surface area contributed by atoms with Gasteiger partial charge in [0.15, 0.2) is 0 Å². The Morgan fingerprint density at radius 3 is 2.62 bits per heavy atom. The zero-order chi connectivity index (χ0) is 17.3. The molecule has 1 unspecified atom stereocenters. The summed E-state index contributed by atoms with van der Waals surface area (Å²) in [5.74, 6) is 0.293. The lowest BCUT2D eigenvalue weighted by atomic mass is 10.0. The summed E-state index contributed by atoms with van der Waals surface area (Å²) >= 11 is 0. The smallest absolute Gasteiger partial charge is 0.236 e. The predicted octanol–water partition coefficient (Wildman–Crippen LogP) is 0.846. The average Bonchev–Trinajstić information content (AvgIpc) is 2.81. The van der Waals surface area contributed by atoms with E-state index in [1.807, 2.05) is 35.4 Å². The number of hydrogen-bond donors (Lipinski definition) is 1. The van der Waals surface area contributed by atoms with Gasteiger partial charge in [-0.05, 0) is 26.7 Å². The van der Waals surface area contributed by atoms with Gasteiger partial charge in [0.1, 0.15) is 0 Å². The molecule has 0 aromatic carbocycles. The number of amides is 2. The average molecular weight is 406 g/mol. The molecule has 1 atom stereocenters. The van der Waals surface area contributed by atoms with Crippen molar-refractivity contribution in [1.82, 2.24) is 24.9 Å². The maximum Gasteiger partial charge on any atom is 0.236 e. The molecule has 0 aliphatic carbocycles. The molecule has 7 nitrogen and oxygen atoms in total. The van der Waals surface area contributed by atoms with Crippen molar-refractivity contribution in [3.63, 3.8) is 0 Å². The van der Waals surface area contributed by atoms with Crippen LogP contribution in [-0.4, -0.2) is 70.2 Å². The van der Waals surface area contributed by atoms with E-state index in [1.54, 1.807) is 0 Å². The molecule has 0 spiro atoms. The Hall–Kier alpha value is -1.31. The molecular formula is C17H29Cl2N5O2. The molecule has 2 fully saturated rings. The zero-order valence-corrected chi connectivity index (χ0v) is 17.3. The SMILES string of the molecule is Cc1nn(C)c(C)c1CC(=O)N1CCCC(N2CCNCC2=O)C1.Cl.Cl. The van der Waals surface area contributed by atoms with E-state index in [1.165, 1.54) is 0 Å². The van der Waals surface area contributed by atoms with Gasteiger partial charge in [-0.2, -0.15) is 5.10 Å². The van der Waals surface area contributed by atoms with Crippen LogP contribution in [0.5, 0.6) is 0 Å². The van der Waals surface area contributed by atoms with Crippen LogP contribution in [0.2, 0.25) is 0 Å². The summed E-state index contributed by atoms with van der Waals surface area (Å²) in [5, 5.41) is 7.50. The second-order valence-electron chi connectivity index (χ2n) is 6.85. The van der Waals surface area contributed by atoms with Gasteiger partial charge in [-0.15, -0.1) is 24.8 Å². The molecular weight excluding hydrogens is 377 g/mol. The molecule has 2 saturated heterocycles. The highest BCUT2D eigenvalue weighted by Crippen LogP contribution is 2.19. The van der Waals surface area contributed by atoms with Crippen molar-refractivity contribution in [2.24, 2.45) is 7.05 Å². The number of aryl methyl sites for hydroxylation is 2. The number of nitrogens with one attached hydrogen (secondary N) is 1. The fraction of sp³-hybridized carbons (Fsp3) is 0.706. The maximum atomic E-state index is 12.8. The zero-order valence-electron chi connectivity index (χ0n) is 15.7. The number of carbonyl (C=O) groups is 2. The quantitative estimate of drug-likeness (QED) is 0.808. The van der Waals surface area contributed by atoms with Gasteiger partial charge in [-0.25, -0.2) is 0 Å². The fourth-order valence-electron chi connectivity index (χ4n) is 3.78. The first-order valence-electron chi connectivity index (χ1n) is 8.74. The van der Waals surface area contributed by atoms with Gasteiger partial charge < -0.3 is 15.1 Å². The molecule has 26 heavy (non-hydrogen) atoms. The lowest BCUT2D eigenvalue weighted by molar-refractivity contribution is -0.140. The third kappa shape index (κ3) is 4.69. The minimum Gasteiger partial charge on any atom is -0.340 e. The minimum absolute atomic E-state index is 0. The first kappa shape index (κ1) is 22.7. The van der Waals surface area contributed by atoms with E-state index in [9.17, 15) is 9.59 Å². The fourth-order valence-corrected chi connectivity index (χ4v) is 3.78. The number of aromatic nitrogens is 2. The number of carbonyl (C=O) groups excluding carboxylic acids is 2. The van der Waals surface area contributed by atoms with Gasteiger partial charge in [-0.1, -0.05) is 0 Å². The van der Waals surface area contributed by atoms with Crippen molar-refractivity contribution in [2.45, 2.75) is 39.2 Å². The molecule has 2 amide bonds. The number of halogens is 2.